The van der Waals surface area contributed by atoms with Gasteiger partial charge in [0.25, 0.3) is 0 Å². The van der Waals surface area contributed by atoms with Gasteiger partial charge < -0.3 is 10.6 Å². The summed E-state index contributed by atoms with van der Waals surface area (Å²) in [6.07, 6.45) is 0.496. The smallest absolute Gasteiger partial charge is 0.0673 e. The second-order valence-electron chi connectivity index (χ2n) is 4.25. The van der Waals surface area contributed by atoms with Crippen molar-refractivity contribution in [2.75, 3.05) is 18.0 Å². The highest BCUT2D eigenvalue weighted by Crippen LogP contribution is 2.27. The molecular weight excluding hydrogens is 254 g/mol. The molecule has 0 aliphatic heterocycles. The maximum atomic E-state index is 8.84. The monoisotopic (exact) mass is 271 g/mol. The zero-order valence-electron chi connectivity index (χ0n) is 10.7. The number of para-hydroxylation sites is 1. The summed E-state index contributed by atoms with van der Waals surface area (Å²) in [6, 6.07) is 14.6. The van der Waals surface area contributed by atoms with Crippen molar-refractivity contribution in [2.45, 2.75) is 12.5 Å². The molecule has 1 atom stereocenters. The number of nitriles is 1. The van der Waals surface area contributed by atoms with E-state index in [1.54, 1.807) is 11.3 Å². The lowest BCUT2D eigenvalue weighted by atomic mass is 10.1. The molecule has 2 rings (SSSR count). The van der Waals surface area contributed by atoms with Gasteiger partial charge in [0.05, 0.1) is 18.5 Å². The average molecular weight is 271 g/mol. The van der Waals surface area contributed by atoms with Gasteiger partial charge in [-0.15, -0.1) is 0 Å². The van der Waals surface area contributed by atoms with Gasteiger partial charge >= 0.3 is 0 Å². The maximum Gasteiger partial charge on any atom is 0.0673 e. The van der Waals surface area contributed by atoms with Gasteiger partial charge in [0.15, 0.2) is 0 Å². The first-order chi connectivity index (χ1) is 9.36. The largest absolute Gasteiger partial charge is 0.362 e. The Morgan fingerprint density at radius 3 is 2.63 bits per heavy atom. The van der Waals surface area contributed by atoms with Gasteiger partial charge in [0.1, 0.15) is 0 Å². The van der Waals surface area contributed by atoms with Crippen LogP contribution < -0.4 is 10.6 Å². The molecule has 1 heterocycles. The number of nitrogens with zero attached hydrogens (tertiary/aromatic N) is 2. The summed E-state index contributed by atoms with van der Waals surface area (Å²) < 4.78 is 0. The van der Waals surface area contributed by atoms with Crippen molar-refractivity contribution in [3.8, 4) is 6.07 Å². The molecule has 0 bridgehead atoms. The Balaban J connectivity index is 2.29. The third-order valence-corrected chi connectivity index (χ3v) is 3.78. The van der Waals surface area contributed by atoms with Gasteiger partial charge in [0.2, 0.25) is 0 Å². The van der Waals surface area contributed by atoms with Gasteiger partial charge in [-0.05, 0) is 34.5 Å². The number of benzene rings is 1. The topological polar surface area (TPSA) is 53.0 Å². The number of hydrogen-bond acceptors (Lipinski definition) is 4. The van der Waals surface area contributed by atoms with Crippen LogP contribution in [0.2, 0.25) is 0 Å². The normalized spacial score (nSPS) is 11.8. The molecule has 4 heteroatoms. The molecule has 2 N–H and O–H groups in total. The van der Waals surface area contributed by atoms with E-state index >= 15 is 0 Å². The molecule has 0 radical (unpaired) electrons. The maximum absolute atomic E-state index is 8.84. The molecule has 0 saturated heterocycles. The number of hydrogen-bond donors (Lipinski definition) is 1. The molecule has 98 valence electrons. The lowest BCUT2D eigenvalue weighted by Crippen LogP contribution is -2.34. The number of anilines is 1. The van der Waals surface area contributed by atoms with E-state index in [4.69, 9.17) is 11.0 Å². The fraction of sp³-hybridized carbons (Fsp3) is 0.267. The Labute approximate surface area is 117 Å². The molecule has 3 nitrogen and oxygen atoms in total. The number of nitrogens with two attached hydrogens (primary N) is 1. The highest BCUT2D eigenvalue weighted by atomic mass is 32.1. The second kappa shape index (κ2) is 6.93. The van der Waals surface area contributed by atoms with Crippen LogP contribution in [0.5, 0.6) is 0 Å². The van der Waals surface area contributed by atoms with Gasteiger partial charge in [-0.2, -0.15) is 16.6 Å². The lowest BCUT2D eigenvalue weighted by molar-refractivity contribution is 0.633. The van der Waals surface area contributed by atoms with E-state index in [0.29, 0.717) is 19.5 Å². The molecule has 0 aliphatic rings. The Kier molecular flexibility index (Phi) is 4.96. The minimum Gasteiger partial charge on any atom is -0.362 e. The summed E-state index contributed by atoms with van der Waals surface area (Å²) >= 11 is 1.67. The minimum absolute atomic E-state index is 0.127. The Bertz CT molecular complexity index is 516. The molecule has 1 unspecified atom stereocenters. The zero-order valence-corrected chi connectivity index (χ0v) is 11.5. The first-order valence-electron chi connectivity index (χ1n) is 6.27. The Hall–Kier alpha value is -1.83. The molecule has 19 heavy (non-hydrogen) atoms. The summed E-state index contributed by atoms with van der Waals surface area (Å²) in [4.78, 5) is 2.21. The molecule has 0 spiro atoms. The first kappa shape index (κ1) is 13.6. The van der Waals surface area contributed by atoms with E-state index in [2.05, 4.69) is 39.9 Å². The van der Waals surface area contributed by atoms with Crippen LogP contribution in [0, 0.1) is 11.3 Å². The summed E-state index contributed by atoms with van der Waals surface area (Å²) in [7, 11) is 0. The molecule has 0 fully saturated rings. The zero-order chi connectivity index (χ0) is 13.5. The van der Waals surface area contributed by atoms with Crippen molar-refractivity contribution in [1.29, 1.82) is 5.26 Å². The van der Waals surface area contributed by atoms with Gasteiger partial charge in [-0.3, -0.25) is 0 Å². The van der Waals surface area contributed by atoms with Crippen molar-refractivity contribution in [3.05, 3.63) is 52.7 Å². The van der Waals surface area contributed by atoms with Crippen molar-refractivity contribution in [1.82, 2.24) is 0 Å². The number of rotatable bonds is 6. The van der Waals surface area contributed by atoms with Crippen LogP contribution in [0.15, 0.2) is 47.2 Å². The predicted octanol–water partition coefficient (Wildman–Crippen LogP) is 3.17. The molecule has 0 saturated carbocycles. The van der Waals surface area contributed by atoms with Crippen LogP contribution in [-0.4, -0.2) is 13.1 Å². The van der Waals surface area contributed by atoms with Crippen LogP contribution in [0.1, 0.15) is 18.0 Å². The third kappa shape index (κ3) is 3.34. The highest BCUT2D eigenvalue weighted by Gasteiger charge is 2.19. The van der Waals surface area contributed by atoms with E-state index in [0.717, 1.165) is 5.69 Å². The van der Waals surface area contributed by atoms with Crippen molar-refractivity contribution >= 4 is 17.0 Å². The lowest BCUT2D eigenvalue weighted by Gasteiger charge is -2.32. The van der Waals surface area contributed by atoms with E-state index < -0.39 is 0 Å². The van der Waals surface area contributed by atoms with E-state index in [9.17, 15) is 0 Å². The highest BCUT2D eigenvalue weighted by molar-refractivity contribution is 7.08. The summed E-state index contributed by atoms with van der Waals surface area (Å²) in [6.45, 7) is 1.23. The summed E-state index contributed by atoms with van der Waals surface area (Å²) in [5.41, 5.74) is 8.28. The van der Waals surface area contributed by atoms with Crippen LogP contribution >= 0.6 is 11.3 Å². The average Bonchev–Trinajstić information content (AvgIpc) is 2.98. The van der Waals surface area contributed by atoms with Gasteiger partial charge in [-0.1, -0.05) is 18.2 Å². The summed E-state index contributed by atoms with van der Waals surface area (Å²) in [5, 5.41) is 13.0. The molecule has 0 amide bonds. The van der Waals surface area contributed by atoms with Crippen molar-refractivity contribution in [3.63, 3.8) is 0 Å². The molecule has 1 aromatic carbocycles. The molecule has 1 aromatic heterocycles. The van der Waals surface area contributed by atoms with Crippen molar-refractivity contribution < 1.29 is 0 Å². The standard InChI is InChI=1S/C15H17N3S/c16-8-4-9-18(14-5-2-1-3-6-14)15(11-17)13-7-10-19-12-13/h1-3,5-7,10,12,15H,4,9,11,17H2. The first-order valence-corrected chi connectivity index (χ1v) is 7.22. The molecule has 0 aliphatic carbocycles. The summed E-state index contributed by atoms with van der Waals surface area (Å²) in [5.74, 6) is 0. The fourth-order valence-electron chi connectivity index (χ4n) is 2.16. The van der Waals surface area contributed by atoms with Gasteiger partial charge in [-0.25, -0.2) is 0 Å². The second-order valence-corrected chi connectivity index (χ2v) is 5.03. The van der Waals surface area contributed by atoms with Crippen LogP contribution in [0.25, 0.3) is 0 Å². The number of thiophene rings is 1. The predicted molar refractivity (Wildman–Crippen MR) is 80.1 cm³/mol. The Morgan fingerprint density at radius 2 is 2.05 bits per heavy atom. The quantitative estimate of drug-likeness (QED) is 0.878. The van der Waals surface area contributed by atoms with Crippen LogP contribution in [0.3, 0.4) is 0 Å². The molecule has 2 aromatic rings. The fourth-order valence-corrected chi connectivity index (χ4v) is 2.87. The van der Waals surface area contributed by atoms with E-state index in [-0.39, 0.29) is 6.04 Å². The SMILES string of the molecule is N#CCCN(c1ccccc1)C(CN)c1ccsc1. The third-order valence-electron chi connectivity index (χ3n) is 3.08. The van der Waals surface area contributed by atoms with E-state index in [1.165, 1.54) is 5.56 Å². The van der Waals surface area contributed by atoms with E-state index in [1.807, 2.05) is 18.2 Å². The van der Waals surface area contributed by atoms with Crippen molar-refractivity contribution in [2.24, 2.45) is 5.73 Å². The molecular formula is C15H17N3S. The van der Waals surface area contributed by atoms with Crippen LogP contribution in [0.4, 0.5) is 5.69 Å². The van der Waals surface area contributed by atoms with Gasteiger partial charge in [0, 0.05) is 18.8 Å². The van der Waals surface area contributed by atoms with Crippen LogP contribution in [-0.2, 0) is 0 Å². The Morgan fingerprint density at radius 1 is 1.26 bits per heavy atom. The minimum atomic E-state index is 0.127.